The molecule has 0 radical (unpaired) electrons. The van der Waals surface area contributed by atoms with Crippen LogP contribution in [0.25, 0.3) is 0 Å². The van der Waals surface area contributed by atoms with Gasteiger partial charge in [-0.1, -0.05) is 0 Å². The molecule has 2 N–H and O–H groups in total. The number of amides is 1. The molecule has 0 rings (SSSR count). The van der Waals surface area contributed by atoms with Gasteiger partial charge in [-0.25, -0.2) is 9.59 Å². The number of carboxylic acid groups (broad SMARTS) is 1. The second kappa shape index (κ2) is 9.29. The summed E-state index contributed by atoms with van der Waals surface area (Å²) in [6.45, 7) is 3.57. The van der Waals surface area contributed by atoms with Crippen molar-refractivity contribution >= 4 is 18.3 Å². The van der Waals surface area contributed by atoms with Crippen LogP contribution in [0.2, 0.25) is 0 Å². The molecule has 0 aliphatic carbocycles. The van der Waals surface area contributed by atoms with Crippen molar-refractivity contribution in [3.8, 4) is 0 Å². The maximum atomic E-state index is 11.2. The number of carbonyl (C=O) groups is 3. The molecule has 110 valence electrons. The van der Waals surface area contributed by atoms with Crippen LogP contribution in [0.15, 0.2) is 0 Å². The summed E-state index contributed by atoms with van der Waals surface area (Å²) in [4.78, 5) is 31.8. The van der Waals surface area contributed by atoms with Gasteiger partial charge in [0.2, 0.25) is 5.60 Å². The van der Waals surface area contributed by atoms with E-state index in [2.05, 4.69) is 5.32 Å². The predicted molar refractivity (Wildman–Crippen MR) is 63.9 cm³/mol. The van der Waals surface area contributed by atoms with Crippen LogP contribution in [0.4, 0.5) is 4.79 Å². The lowest BCUT2D eigenvalue weighted by molar-refractivity contribution is -0.154. The first kappa shape index (κ1) is 17.3. The Bertz CT molecular complexity index is 303. The van der Waals surface area contributed by atoms with Crippen molar-refractivity contribution in [1.29, 1.82) is 0 Å². The number of carbonyl (C=O) groups excluding carboxylic acids is 2. The molecular weight excluding hydrogens is 258 g/mol. The number of hydrogen-bond donors (Lipinski definition) is 2. The van der Waals surface area contributed by atoms with Gasteiger partial charge >= 0.3 is 12.1 Å². The Kier molecular flexibility index (Phi) is 8.47. The molecule has 0 aliphatic rings. The fourth-order valence-corrected chi connectivity index (χ4v) is 0.888. The van der Waals surface area contributed by atoms with E-state index < -0.39 is 17.7 Å². The van der Waals surface area contributed by atoms with Gasteiger partial charge in [-0.15, -0.1) is 0 Å². The fraction of sp³-hybridized carbons (Fsp3) is 0.727. The summed E-state index contributed by atoms with van der Waals surface area (Å²) in [7, 11) is 0. The Balaban J connectivity index is 3.54. The minimum absolute atomic E-state index is 0.0260. The lowest BCUT2D eigenvalue weighted by atomic mass is 10.1. The van der Waals surface area contributed by atoms with E-state index in [4.69, 9.17) is 19.3 Å². The summed E-state index contributed by atoms with van der Waals surface area (Å²) in [6.07, 6.45) is -0.185. The summed E-state index contributed by atoms with van der Waals surface area (Å²) in [5.74, 6) is -1.23. The number of ether oxygens (including phenoxy) is 3. The minimum Gasteiger partial charge on any atom is -0.478 e. The number of aliphatic carboxylic acids is 1. The zero-order valence-corrected chi connectivity index (χ0v) is 11.0. The van der Waals surface area contributed by atoms with Gasteiger partial charge in [0.1, 0.15) is 12.9 Å². The molecule has 8 nitrogen and oxygen atoms in total. The summed E-state index contributed by atoms with van der Waals surface area (Å²) in [5, 5.41) is 11.1. The minimum atomic E-state index is -1.58. The van der Waals surface area contributed by atoms with Gasteiger partial charge in [0.15, 0.2) is 0 Å². The van der Waals surface area contributed by atoms with E-state index in [1.54, 1.807) is 0 Å². The highest BCUT2D eigenvalue weighted by Gasteiger charge is 2.31. The van der Waals surface area contributed by atoms with Crippen molar-refractivity contribution in [1.82, 2.24) is 5.32 Å². The van der Waals surface area contributed by atoms with Crippen LogP contribution >= 0.6 is 0 Å². The molecule has 0 unspecified atom stereocenters. The van der Waals surface area contributed by atoms with Crippen LogP contribution in [0.1, 0.15) is 13.8 Å². The van der Waals surface area contributed by atoms with Crippen molar-refractivity contribution < 1.29 is 33.7 Å². The van der Waals surface area contributed by atoms with Gasteiger partial charge in [-0.05, 0) is 13.8 Å². The van der Waals surface area contributed by atoms with Gasteiger partial charge in [-0.3, -0.25) is 0 Å². The van der Waals surface area contributed by atoms with Gasteiger partial charge in [0.25, 0.3) is 0 Å². The molecule has 19 heavy (non-hydrogen) atoms. The van der Waals surface area contributed by atoms with Gasteiger partial charge in [0.05, 0.1) is 19.8 Å². The molecule has 0 aromatic heterocycles. The second-order valence-electron chi connectivity index (χ2n) is 3.99. The third-order valence-corrected chi connectivity index (χ3v) is 1.94. The maximum absolute atomic E-state index is 11.2. The number of nitrogens with one attached hydrogen (secondary N) is 1. The smallest absolute Gasteiger partial charge is 0.408 e. The highest BCUT2D eigenvalue weighted by atomic mass is 16.6. The molecule has 8 heteroatoms. The van der Waals surface area contributed by atoms with Crippen molar-refractivity contribution in [3.05, 3.63) is 0 Å². The molecule has 0 aromatic carbocycles. The van der Waals surface area contributed by atoms with Crippen molar-refractivity contribution in [3.63, 3.8) is 0 Å². The fourth-order valence-electron chi connectivity index (χ4n) is 0.888. The number of alkyl carbamates (subject to hydrolysis) is 1. The van der Waals surface area contributed by atoms with Crippen molar-refractivity contribution in [2.45, 2.75) is 19.4 Å². The summed E-state index contributed by atoms with van der Waals surface area (Å²) in [5.41, 5.74) is -1.58. The third kappa shape index (κ3) is 8.97. The van der Waals surface area contributed by atoms with Crippen LogP contribution in [0, 0.1) is 0 Å². The standard InChI is InChI=1S/C11H19NO7/c1-11(2,9(14)15)19-10(16)12-3-5-17-7-8-18-6-4-13/h4H,3,5-8H2,1-2H3,(H,12,16)(H,14,15). The SMILES string of the molecule is CC(C)(OC(=O)NCCOCCOCC=O)C(=O)O. The van der Waals surface area contributed by atoms with E-state index in [1.807, 2.05) is 0 Å². The topological polar surface area (TPSA) is 111 Å². The van der Waals surface area contributed by atoms with Crippen LogP contribution in [-0.4, -0.2) is 62.0 Å². The predicted octanol–water partition coefficient (Wildman–Crippen LogP) is -0.192. The van der Waals surface area contributed by atoms with Crippen LogP contribution in [0.5, 0.6) is 0 Å². The molecular formula is C11H19NO7. The Morgan fingerprint density at radius 2 is 1.84 bits per heavy atom. The zero-order chi connectivity index (χ0) is 14.7. The molecule has 1 amide bonds. The normalized spacial score (nSPS) is 10.8. The number of carboxylic acids is 1. The van der Waals surface area contributed by atoms with Crippen LogP contribution in [-0.2, 0) is 23.8 Å². The Morgan fingerprint density at radius 1 is 1.21 bits per heavy atom. The van der Waals surface area contributed by atoms with E-state index in [1.165, 1.54) is 13.8 Å². The summed E-state index contributed by atoms with van der Waals surface area (Å²) < 4.78 is 14.6. The molecule has 0 saturated carbocycles. The number of hydrogen-bond acceptors (Lipinski definition) is 6. The Labute approximate surface area is 111 Å². The quantitative estimate of drug-likeness (QED) is 0.420. The molecule has 0 aliphatic heterocycles. The monoisotopic (exact) mass is 277 g/mol. The lowest BCUT2D eigenvalue weighted by Gasteiger charge is -2.20. The Hall–Kier alpha value is -1.67. The molecule has 0 heterocycles. The number of rotatable bonds is 10. The first-order valence-corrected chi connectivity index (χ1v) is 5.69. The first-order chi connectivity index (χ1) is 8.90. The average Bonchev–Trinajstić information content (AvgIpc) is 2.31. The van der Waals surface area contributed by atoms with E-state index in [0.29, 0.717) is 12.9 Å². The molecule has 0 spiro atoms. The van der Waals surface area contributed by atoms with E-state index >= 15 is 0 Å². The number of aldehydes is 1. The largest absolute Gasteiger partial charge is 0.478 e. The second-order valence-corrected chi connectivity index (χ2v) is 3.99. The average molecular weight is 277 g/mol. The van der Waals surface area contributed by atoms with Crippen molar-refractivity contribution in [2.75, 3.05) is 33.0 Å². The van der Waals surface area contributed by atoms with Gasteiger partial charge in [-0.2, -0.15) is 0 Å². The van der Waals surface area contributed by atoms with Gasteiger partial charge in [0, 0.05) is 6.54 Å². The first-order valence-electron chi connectivity index (χ1n) is 5.69. The van der Waals surface area contributed by atoms with Crippen LogP contribution in [0.3, 0.4) is 0 Å². The van der Waals surface area contributed by atoms with Crippen molar-refractivity contribution in [2.24, 2.45) is 0 Å². The highest BCUT2D eigenvalue weighted by Crippen LogP contribution is 2.08. The van der Waals surface area contributed by atoms with E-state index in [9.17, 15) is 14.4 Å². The van der Waals surface area contributed by atoms with E-state index in [-0.39, 0.29) is 26.4 Å². The molecule has 0 bridgehead atoms. The third-order valence-electron chi connectivity index (χ3n) is 1.94. The highest BCUT2D eigenvalue weighted by molar-refractivity contribution is 5.80. The molecule has 0 atom stereocenters. The van der Waals surface area contributed by atoms with E-state index in [0.717, 1.165) is 0 Å². The lowest BCUT2D eigenvalue weighted by Crippen LogP contribution is -2.41. The molecule has 0 saturated heterocycles. The Morgan fingerprint density at radius 3 is 2.42 bits per heavy atom. The zero-order valence-electron chi connectivity index (χ0n) is 11.0. The summed E-state index contributed by atoms with van der Waals surface area (Å²) >= 11 is 0. The maximum Gasteiger partial charge on any atom is 0.408 e. The summed E-state index contributed by atoms with van der Waals surface area (Å²) in [6, 6.07) is 0. The van der Waals surface area contributed by atoms with Gasteiger partial charge < -0.3 is 29.4 Å². The molecule has 0 fully saturated rings. The molecule has 0 aromatic rings. The van der Waals surface area contributed by atoms with Crippen LogP contribution < -0.4 is 5.32 Å².